The molecule has 0 aromatic rings. The van der Waals surface area contributed by atoms with E-state index in [-0.39, 0.29) is 24.6 Å². The van der Waals surface area contributed by atoms with Crippen LogP contribution in [0.3, 0.4) is 0 Å². The van der Waals surface area contributed by atoms with E-state index in [9.17, 15) is 9.59 Å². The van der Waals surface area contributed by atoms with Crippen LogP contribution >= 0.6 is 0 Å². The van der Waals surface area contributed by atoms with E-state index in [2.05, 4.69) is 10.6 Å². The highest BCUT2D eigenvalue weighted by Gasteiger charge is 2.28. The molecule has 0 spiro atoms. The van der Waals surface area contributed by atoms with Gasteiger partial charge in [-0.1, -0.05) is 0 Å². The number of ether oxygens (including phenoxy) is 1. The lowest BCUT2D eigenvalue weighted by atomic mass is 9.99. The number of imide groups is 1. The highest BCUT2D eigenvalue weighted by molar-refractivity contribution is 5.95. The van der Waals surface area contributed by atoms with Crippen molar-refractivity contribution in [3.8, 4) is 0 Å². The molecule has 0 aromatic carbocycles. The lowest BCUT2D eigenvalue weighted by molar-refractivity contribution is -0.122. The first-order valence-electron chi connectivity index (χ1n) is 6.09. The van der Waals surface area contributed by atoms with Crippen molar-refractivity contribution in [2.45, 2.75) is 25.0 Å². The second-order valence-corrected chi connectivity index (χ2v) is 4.37. The van der Waals surface area contributed by atoms with E-state index in [0.29, 0.717) is 6.54 Å². The van der Waals surface area contributed by atoms with Crippen LogP contribution in [0.5, 0.6) is 0 Å². The van der Waals surface area contributed by atoms with Gasteiger partial charge in [-0.2, -0.15) is 0 Å². The molecule has 1 aliphatic rings. The van der Waals surface area contributed by atoms with Gasteiger partial charge in [0.15, 0.2) is 0 Å². The summed E-state index contributed by atoms with van der Waals surface area (Å²) in [6.07, 6.45) is 1.90. The third kappa shape index (κ3) is 4.25. The quantitative estimate of drug-likeness (QED) is 0.593. The molecule has 7 nitrogen and oxygen atoms in total. The third-order valence-corrected chi connectivity index (χ3v) is 3.22. The van der Waals surface area contributed by atoms with Gasteiger partial charge in [0.2, 0.25) is 5.91 Å². The molecule has 0 aliphatic carbocycles. The van der Waals surface area contributed by atoms with Gasteiger partial charge in [0, 0.05) is 33.3 Å². The molecular weight excluding hydrogens is 236 g/mol. The molecule has 1 saturated heterocycles. The number of hydrogen-bond acceptors (Lipinski definition) is 5. The average Bonchev–Trinajstić information content (AvgIpc) is 2.38. The molecule has 0 saturated carbocycles. The first-order valence-corrected chi connectivity index (χ1v) is 6.09. The maximum absolute atomic E-state index is 11.6. The average molecular weight is 258 g/mol. The van der Waals surface area contributed by atoms with E-state index in [4.69, 9.17) is 10.5 Å². The van der Waals surface area contributed by atoms with Gasteiger partial charge in [-0.3, -0.25) is 15.0 Å². The minimum atomic E-state index is -0.490. The largest absolute Gasteiger partial charge is 0.381 e. The standard InChI is InChI=1S/C11H22N4O3/c1-13-11(17)14-10(16)7-15-4-3-9(18-2)5-8(15)6-12/h8-9H,3-7,12H2,1-2H3,(H2,13,14,16,17). The Balaban J connectivity index is 2.45. The fraction of sp³-hybridized carbons (Fsp3) is 0.818. The van der Waals surface area contributed by atoms with Crippen LogP contribution in [0, 0.1) is 0 Å². The third-order valence-electron chi connectivity index (χ3n) is 3.22. The maximum atomic E-state index is 11.6. The van der Waals surface area contributed by atoms with Crippen molar-refractivity contribution in [3.05, 3.63) is 0 Å². The molecule has 0 aromatic heterocycles. The number of piperidine rings is 1. The Morgan fingerprint density at radius 3 is 2.78 bits per heavy atom. The van der Waals surface area contributed by atoms with Gasteiger partial charge in [-0.25, -0.2) is 4.79 Å². The molecule has 0 bridgehead atoms. The number of nitrogens with one attached hydrogen (secondary N) is 2. The minimum absolute atomic E-state index is 0.124. The smallest absolute Gasteiger partial charge is 0.321 e. The Hall–Kier alpha value is -1.18. The van der Waals surface area contributed by atoms with Crippen LogP contribution in [-0.4, -0.2) is 62.8 Å². The van der Waals surface area contributed by atoms with Crippen molar-refractivity contribution < 1.29 is 14.3 Å². The van der Waals surface area contributed by atoms with Gasteiger partial charge in [-0.15, -0.1) is 0 Å². The Bertz CT molecular complexity index is 298. The van der Waals surface area contributed by atoms with Crippen LogP contribution in [0.1, 0.15) is 12.8 Å². The van der Waals surface area contributed by atoms with Crippen LogP contribution < -0.4 is 16.4 Å². The van der Waals surface area contributed by atoms with E-state index in [1.165, 1.54) is 7.05 Å². The number of amides is 3. The van der Waals surface area contributed by atoms with Gasteiger partial charge in [0.25, 0.3) is 0 Å². The normalized spacial score (nSPS) is 24.6. The molecule has 1 aliphatic heterocycles. The van der Waals surface area contributed by atoms with Gasteiger partial charge in [-0.05, 0) is 12.8 Å². The van der Waals surface area contributed by atoms with Crippen LogP contribution in [0.15, 0.2) is 0 Å². The molecule has 1 rings (SSSR count). The van der Waals surface area contributed by atoms with Crippen LogP contribution in [0.25, 0.3) is 0 Å². The summed E-state index contributed by atoms with van der Waals surface area (Å²) in [6.45, 7) is 1.42. The molecule has 4 N–H and O–H groups in total. The highest BCUT2D eigenvalue weighted by Crippen LogP contribution is 2.18. The van der Waals surface area contributed by atoms with E-state index in [1.807, 2.05) is 4.90 Å². The summed E-state index contributed by atoms with van der Waals surface area (Å²) in [7, 11) is 3.15. The maximum Gasteiger partial charge on any atom is 0.321 e. The van der Waals surface area contributed by atoms with Crippen molar-refractivity contribution in [1.82, 2.24) is 15.5 Å². The zero-order valence-corrected chi connectivity index (χ0v) is 10.9. The number of methoxy groups -OCH3 is 1. The number of likely N-dealkylation sites (tertiary alicyclic amines) is 1. The zero-order valence-electron chi connectivity index (χ0n) is 10.9. The van der Waals surface area contributed by atoms with Gasteiger partial charge < -0.3 is 15.8 Å². The van der Waals surface area contributed by atoms with Crippen LogP contribution in [0.2, 0.25) is 0 Å². The second kappa shape index (κ2) is 7.30. The first-order chi connectivity index (χ1) is 8.60. The fourth-order valence-electron chi connectivity index (χ4n) is 2.14. The molecule has 2 unspecified atom stereocenters. The van der Waals surface area contributed by atoms with Gasteiger partial charge in [0.05, 0.1) is 12.6 Å². The van der Waals surface area contributed by atoms with Crippen molar-refractivity contribution >= 4 is 11.9 Å². The summed E-state index contributed by atoms with van der Waals surface area (Å²) in [5.41, 5.74) is 5.71. The number of carbonyl (C=O) groups is 2. The summed E-state index contributed by atoms with van der Waals surface area (Å²) in [4.78, 5) is 24.6. The SMILES string of the molecule is CNC(=O)NC(=O)CN1CCC(OC)CC1CN. The second-order valence-electron chi connectivity index (χ2n) is 4.37. The predicted molar refractivity (Wildman–Crippen MR) is 67.0 cm³/mol. The Labute approximate surface area is 107 Å². The van der Waals surface area contributed by atoms with Crippen LogP contribution in [-0.2, 0) is 9.53 Å². The molecule has 0 radical (unpaired) electrons. The monoisotopic (exact) mass is 258 g/mol. The summed E-state index contributed by atoms with van der Waals surface area (Å²) < 4.78 is 5.31. The Morgan fingerprint density at radius 2 is 2.22 bits per heavy atom. The molecule has 3 amide bonds. The summed E-state index contributed by atoms with van der Waals surface area (Å²) >= 11 is 0. The number of carbonyl (C=O) groups excluding carboxylic acids is 2. The lowest BCUT2D eigenvalue weighted by Gasteiger charge is -2.37. The topological polar surface area (TPSA) is 96.7 Å². The zero-order chi connectivity index (χ0) is 13.5. The summed E-state index contributed by atoms with van der Waals surface area (Å²) in [5.74, 6) is -0.316. The molecular formula is C11H22N4O3. The number of urea groups is 1. The highest BCUT2D eigenvalue weighted by atomic mass is 16.5. The van der Waals surface area contributed by atoms with Crippen molar-refractivity contribution in [1.29, 1.82) is 0 Å². The van der Waals surface area contributed by atoms with Crippen molar-refractivity contribution in [2.24, 2.45) is 5.73 Å². The molecule has 2 atom stereocenters. The van der Waals surface area contributed by atoms with Gasteiger partial charge in [0.1, 0.15) is 0 Å². The van der Waals surface area contributed by atoms with E-state index >= 15 is 0 Å². The minimum Gasteiger partial charge on any atom is -0.381 e. The molecule has 1 fully saturated rings. The van der Waals surface area contributed by atoms with E-state index < -0.39 is 6.03 Å². The number of hydrogen-bond donors (Lipinski definition) is 3. The van der Waals surface area contributed by atoms with Gasteiger partial charge >= 0.3 is 6.03 Å². The van der Waals surface area contributed by atoms with E-state index in [1.54, 1.807) is 7.11 Å². The fourth-order valence-corrected chi connectivity index (χ4v) is 2.14. The molecule has 1 heterocycles. The molecule has 18 heavy (non-hydrogen) atoms. The van der Waals surface area contributed by atoms with Crippen molar-refractivity contribution in [2.75, 3.05) is 33.8 Å². The summed E-state index contributed by atoms with van der Waals surface area (Å²) in [5, 5.41) is 4.58. The number of nitrogens with zero attached hydrogens (tertiary/aromatic N) is 1. The first kappa shape index (κ1) is 14.9. The molecule has 104 valence electrons. The number of rotatable bonds is 4. The number of nitrogens with two attached hydrogens (primary N) is 1. The van der Waals surface area contributed by atoms with Crippen molar-refractivity contribution in [3.63, 3.8) is 0 Å². The predicted octanol–water partition coefficient (Wildman–Crippen LogP) is -1.12. The Morgan fingerprint density at radius 1 is 1.50 bits per heavy atom. The Kier molecular flexibility index (Phi) is 6.03. The summed E-state index contributed by atoms with van der Waals surface area (Å²) in [6, 6.07) is -0.366. The van der Waals surface area contributed by atoms with E-state index in [0.717, 1.165) is 19.4 Å². The lowest BCUT2D eigenvalue weighted by Crippen LogP contribution is -2.52. The molecule has 7 heteroatoms. The van der Waals surface area contributed by atoms with Crippen LogP contribution in [0.4, 0.5) is 4.79 Å².